The van der Waals surface area contributed by atoms with Gasteiger partial charge < -0.3 is 10.4 Å². The lowest BCUT2D eigenvalue weighted by molar-refractivity contribution is 0.264. The Morgan fingerprint density at radius 2 is 2.33 bits per heavy atom. The van der Waals surface area contributed by atoms with E-state index in [0.29, 0.717) is 6.42 Å². The molecule has 0 fully saturated rings. The van der Waals surface area contributed by atoms with Crippen molar-refractivity contribution in [3.05, 3.63) is 29.8 Å². The van der Waals surface area contributed by atoms with Crippen LogP contribution in [0.5, 0.6) is 0 Å². The molecule has 0 bridgehead atoms. The number of aliphatic hydroxyl groups excluding tert-OH is 1. The van der Waals surface area contributed by atoms with Gasteiger partial charge in [-0.05, 0) is 31.5 Å². The predicted molar refractivity (Wildman–Crippen MR) is 56.9 cm³/mol. The van der Waals surface area contributed by atoms with Crippen molar-refractivity contribution >= 4 is 0 Å². The molecule has 0 radical (unpaired) electrons. The van der Waals surface area contributed by atoms with Crippen LogP contribution in [0.1, 0.15) is 31.5 Å². The van der Waals surface area contributed by atoms with E-state index in [0.717, 1.165) is 18.7 Å². The molecule has 0 aliphatic carbocycles. The van der Waals surface area contributed by atoms with Gasteiger partial charge in [0.1, 0.15) is 5.82 Å². The highest BCUT2D eigenvalue weighted by atomic mass is 19.1. The van der Waals surface area contributed by atoms with E-state index >= 15 is 0 Å². The molecule has 1 atom stereocenters. The van der Waals surface area contributed by atoms with Gasteiger partial charge in [-0.25, -0.2) is 4.39 Å². The summed E-state index contributed by atoms with van der Waals surface area (Å²) in [5, 5.41) is 12.2. The molecule has 0 aliphatic rings. The lowest BCUT2D eigenvalue weighted by Crippen LogP contribution is -2.24. The molecule has 1 aromatic rings. The molecular formula is C11H17FN2O. The van der Waals surface area contributed by atoms with Gasteiger partial charge in [0.25, 0.3) is 0 Å². The number of halogens is 1. The maximum atomic E-state index is 12.7. The van der Waals surface area contributed by atoms with Crippen LogP contribution in [0.2, 0.25) is 0 Å². The zero-order valence-electron chi connectivity index (χ0n) is 8.91. The summed E-state index contributed by atoms with van der Waals surface area (Å²) in [6, 6.07) is 3.05. The Morgan fingerprint density at radius 1 is 1.53 bits per heavy atom. The van der Waals surface area contributed by atoms with Gasteiger partial charge in [-0.2, -0.15) is 0 Å². The van der Waals surface area contributed by atoms with Crippen LogP contribution in [0.25, 0.3) is 0 Å². The molecular weight excluding hydrogens is 195 g/mol. The van der Waals surface area contributed by atoms with Crippen LogP contribution in [0.15, 0.2) is 18.3 Å². The average Bonchev–Trinajstić information content (AvgIpc) is 2.25. The largest absolute Gasteiger partial charge is 0.396 e. The summed E-state index contributed by atoms with van der Waals surface area (Å²) in [4.78, 5) is 4.00. The fourth-order valence-corrected chi connectivity index (χ4v) is 1.40. The number of nitrogens with one attached hydrogen (secondary N) is 1. The van der Waals surface area contributed by atoms with E-state index < -0.39 is 0 Å². The number of nitrogens with zero attached hydrogens (tertiary/aromatic N) is 1. The van der Waals surface area contributed by atoms with Crippen molar-refractivity contribution in [3.63, 3.8) is 0 Å². The predicted octanol–water partition coefficient (Wildman–Crippen LogP) is 1.64. The number of aromatic nitrogens is 1. The van der Waals surface area contributed by atoms with Gasteiger partial charge in [0, 0.05) is 6.61 Å². The second-order valence-electron chi connectivity index (χ2n) is 3.42. The SMILES string of the molecule is CCCNC(CCO)c1ccc(F)cn1. The Bertz CT molecular complexity index is 276. The van der Waals surface area contributed by atoms with Crippen molar-refractivity contribution in [2.45, 2.75) is 25.8 Å². The second-order valence-corrected chi connectivity index (χ2v) is 3.42. The van der Waals surface area contributed by atoms with E-state index in [-0.39, 0.29) is 18.5 Å². The van der Waals surface area contributed by atoms with Gasteiger partial charge in [0.05, 0.1) is 17.9 Å². The molecule has 0 spiro atoms. The topological polar surface area (TPSA) is 45.1 Å². The van der Waals surface area contributed by atoms with Gasteiger partial charge in [-0.1, -0.05) is 6.92 Å². The molecule has 2 N–H and O–H groups in total. The summed E-state index contributed by atoms with van der Waals surface area (Å²) in [6.45, 7) is 3.03. The summed E-state index contributed by atoms with van der Waals surface area (Å²) in [6.07, 6.45) is 2.81. The summed E-state index contributed by atoms with van der Waals surface area (Å²) < 4.78 is 12.7. The first kappa shape index (κ1) is 12.1. The molecule has 15 heavy (non-hydrogen) atoms. The first-order valence-electron chi connectivity index (χ1n) is 5.23. The molecule has 0 saturated heterocycles. The van der Waals surface area contributed by atoms with Crippen LogP contribution in [-0.2, 0) is 0 Å². The lowest BCUT2D eigenvalue weighted by atomic mass is 10.1. The fourth-order valence-electron chi connectivity index (χ4n) is 1.40. The fraction of sp³-hybridized carbons (Fsp3) is 0.545. The normalized spacial score (nSPS) is 12.7. The third-order valence-electron chi connectivity index (χ3n) is 2.17. The number of aliphatic hydroxyl groups is 1. The highest BCUT2D eigenvalue weighted by Gasteiger charge is 2.10. The number of rotatable bonds is 6. The smallest absolute Gasteiger partial charge is 0.141 e. The van der Waals surface area contributed by atoms with Gasteiger partial charge >= 0.3 is 0 Å². The molecule has 1 rings (SSSR count). The van der Waals surface area contributed by atoms with Gasteiger partial charge in [-0.3, -0.25) is 4.98 Å². The minimum atomic E-state index is -0.336. The Kier molecular flexibility index (Phi) is 5.21. The molecule has 1 unspecified atom stereocenters. The number of pyridine rings is 1. The molecule has 0 amide bonds. The van der Waals surface area contributed by atoms with Crippen molar-refractivity contribution in [2.75, 3.05) is 13.2 Å². The average molecular weight is 212 g/mol. The van der Waals surface area contributed by atoms with Gasteiger partial charge in [0.15, 0.2) is 0 Å². The molecule has 0 aliphatic heterocycles. The zero-order chi connectivity index (χ0) is 11.1. The highest BCUT2D eigenvalue weighted by molar-refractivity contribution is 5.09. The first-order chi connectivity index (χ1) is 7.27. The number of hydrogen-bond acceptors (Lipinski definition) is 3. The van der Waals surface area contributed by atoms with E-state index in [2.05, 4.69) is 17.2 Å². The Labute approximate surface area is 89.4 Å². The molecule has 0 aromatic carbocycles. The van der Waals surface area contributed by atoms with Crippen molar-refractivity contribution in [1.82, 2.24) is 10.3 Å². The van der Waals surface area contributed by atoms with E-state index in [1.165, 1.54) is 12.3 Å². The monoisotopic (exact) mass is 212 g/mol. The van der Waals surface area contributed by atoms with Crippen molar-refractivity contribution < 1.29 is 9.50 Å². The third-order valence-corrected chi connectivity index (χ3v) is 2.17. The highest BCUT2D eigenvalue weighted by Crippen LogP contribution is 2.13. The summed E-state index contributed by atoms with van der Waals surface area (Å²) in [7, 11) is 0. The summed E-state index contributed by atoms with van der Waals surface area (Å²) in [5.41, 5.74) is 0.777. The number of hydrogen-bond donors (Lipinski definition) is 2. The second kappa shape index (κ2) is 6.48. The van der Waals surface area contributed by atoms with Gasteiger partial charge in [0.2, 0.25) is 0 Å². The van der Waals surface area contributed by atoms with E-state index in [1.54, 1.807) is 6.07 Å². The first-order valence-corrected chi connectivity index (χ1v) is 5.23. The van der Waals surface area contributed by atoms with Crippen LogP contribution in [-0.4, -0.2) is 23.2 Å². The third kappa shape index (κ3) is 3.93. The van der Waals surface area contributed by atoms with E-state index in [9.17, 15) is 4.39 Å². The zero-order valence-corrected chi connectivity index (χ0v) is 8.91. The van der Waals surface area contributed by atoms with E-state index in [1.807, 2.05) is 0 Å². The van der Waals surface area contributed by atoms with Gasteiger partial charge in [-0.15, -0.1) is 0 Å². The molecule has 84 valence electrons. The lowest BCUT2D eigenvalue weighted by Gasteiger charge is -2.16. The minimum Gasteiger partial charge on any atom is -0.396 e. The standard InChI is InChI=1S/C11H17FN2O/c1-2-6-13-11(5-7-15)10-4-3-9(12)8-14-10/h3-4,8,11,13,15H,2,5-7H2,1H3. The van der Waals surface area contributed by atoms with Crippen molar-refractivity contribution in [3.8, 4) is 0 Å². The van der Waals surface area contributed by atoms with E-state index in [4.69, 9.17) is 5.11 Å². The quantitative estimate of drug-likeness (QED) is 0.753. The van der Waals surface area contributed by atoms with Crippen LogP contribution in [0.4, 0.5) is 4.39 Å². The van der Waals surface area contributed by atoms with Crippen LogP contribution in [0, 0.1) is 5.82 Å². The maximum absolute atomic E-state index is 12.7. The summed E-state index contributed by atoms with van der Waals surface area (Å²) >= 11 is 0. The Morgan fingerprint density at radius 3 is 2.87 bits per heavy atom. The summed E-state index contributed by atoms with van der Waals surface area (Å²) in [5.74, 6) is -0.336. The maximum Gasteiger partial charge on any atom is 0.141 e. The van der Waals surface area contributed by atoms with Crippen LogP contribution < -0.4 is 5.32 Å². The molecule has 1 heterocycles. The minimum absolute atomic E-state index is 0.00977. The molecule has 0 saturated carbocycles. The Hall–Kier alpha value is -1.00. The molecule has 3 nitrogen and oxygen atoms in total. The van der Waals surface area contributed by atoms with Crippen LogP contribution in [0.3, 0.4) is 0 Å². The molecule has 1 aromatic heterocycles. The van der Waals surface area contributed by atoms with Crippen molar-refractivity contribution in [1.29, 1.82) is 0 Å². The van der Waals surface area contributed by atoms with Crippen LogP contribution >= 0.6 is 0 Å². The molecule has 4 heteroatoms. The Balaban J connectivity index is 2.65. The van der Waals surface area contributed by atoms with Crippen molar-refractivity contribution in [2.24, 2.45) is 0 Å².